The summed E-state index contributed by atoms with van der Waals surface area (Å²) < 4.78 is 15.8. The number of benzene rings is 1. The van der Waals surface area contributed by atoms with Crippen molar-refractivity contribution < 1.29 is 14.3 Å². The Bertz CT molecular complexity index is 914. The fraction of sp³-hybridized carbons (Fsp3) is 0.294. The van der Waals surface area contributed by atoms with Gasteiger partial charge in [-0.25, -0.2) is 4.39 Å². The van der Waals surface area contributed by atoms with Crippen LogP contribution in [0.25, 0.3) is 10.1 Å². The second-order valence-electron chi connectivity index (χ2n) is 6.06. The lowest BCUT2D eigenvalue weighted by atomic mass is 10.00. The maximum atomic E-state index is 13.4. The molecule has 2 N–H and O–H groups in total. The summed E-state index contributed by atoms with van der Waals surface area (Å²) in [5.74, 6) is -0.604. The molecule has 3 aromatic rings. The van der Waals surface area contributed by atoms with Gasteiger partial charge in [0.25, 0.3) is 5.91 Å². The van der Waals surface area contributed by atoms with E-state index in [4.69, 9.17) is 0 Å². The van der Waals surface area contributed by atoms with Crippen molar-refractivity contribution in [3.8, 4) is 0 Å². The van der Waals surface area contributed by atoms with Gasteiger partial charge in [0, 0.05) is 23.5 Å². The summed E-state index contributed by atoms with van der Waals surface area (Å²) in [5.41, 5.74) is 0.147. The van der Waals surface area contributed by atoms with Gasteiger partial charge >= 0.3 is 0 Å². The topological polar surface area (TPSA) is 67.2 Å². The molecule has 0 fully saturated rings. The van der Waals surface area contributed by atoms with Gasteiger partial charge in [-0.1, -0.05) is 0 Å². The molecular weight excluding hydrogens is 329 g/mol. The van der Waals surface area contributed by atoms with Crippen LogP contribution in [0, 0.1) is 12.7 Å². The van der Waals surface area contributed by atoms with Crippen molar-refractivity contribution in [3.05, 3.63) is 52.4 Å². The van der Waals surface area contributed by atoms with E-state index in [1.54, 1.807) is 44.0 Å². The van der Waals surface area contributed by atoms with E-state index in [1.807, 2.05) is 0 Å². The first-order valence-electron chi connectivity index (χ1n) is 7.46. The molecule has 1 amide bonds. The predicted octanol–water partition coefficient (Wildman–Crippen LogP) is 2.72. The average molecular weight is 347 g/mol. The van der Waals surface area contributed by atoms with Crippen LogP contribution in [0.2, 0.25) is 0 Å². The monoisotopic (exact) mass is 347 g/mol. The first-order chi connectivity index (χ1) is 11.3. The van der Waals surface area contributed by atoms with E-state index < -0.39 is 5.60 Å². The second-order valence-corrected chi connectivity index (χ2v) is 7.11. The van der Waals surface area contributed by atoms with E-state index in [0.717, 1.165) is 15.6 Å². The number of carbonyl (C=O) groups excluding carboxylic acids is 1. The maximum Gasteiger partial charge on any atom is 0.261 e. The Morgan fingerprint density at radius 2 is 2.25 bits per heavy atom. The molecule has 1 aromatic carbocycles. The zero-order valence-electron chi connectivity index (χ0n) is 13.6. The van der Waals surface area contributed by atoms with Crippen LogP contribution in [-0.4, -0.2) is 27.3 Å². The third-order valence-electron chi connectivity index (χ3n) is 4.02. The van der Waals surface area contributed by atoms with Gasteiger partial charge in [-0.2, -0.15) is 5.10 Å². The lowest BCUT2D eigenvalue weighted by Gasteiger charge is -2.22. The fourth-order valence-corrected chi connectivity index (χ4v) is 3.65. The van der Waals surface area contributed by atoms with Crippen LogP contribution in [0.4, 0.5) is 4.39 Å². The number of halogens is 1. The molecule has 24 heavy (non-hydrogen) atoms. The van der Waals surface area contributed by atoms with Crippen LogP contribution in [0.1, 0.15) is 27.7 Å². The Morgan fingerprint density at radius 3 is 2.92 bits per heavy atom. The number of aliphatic hydroxyl groups is 1. The van der Waals surface area contributed by atoms with E-state index >= 15 is 0 Å². The van der Waals surface area contributed by atoms with Crippen LogP contribution in [-0.2, 0) is 12.6 Å². The van der Waals surface area contributed by atoms with E-state index in [9.17, 15) is 14.3 Å². The number of hydrogen-bond donors (Lipinski definition) is 2. The number of amides is 1. The van der Waals surface area contributed by atoms with Crippen molar-refractivity contribution in [2.75, 3.05) is 6.54 Å². The number of nitrogens with zero attached hydrogens (tertiary/aromatic N) is 2. The molecule has 0 saturated carbocycles. The van der Waals surface area contributed by atoms with Gasteiger partial charge < -0.3 is 10.4 Å². The van der Waals surface area contributed by atoms with E-state index in [0.29, 0.717) is 10.4 Å². The Hall–Kier alpha value is -2.25. The molecule has 2 aromatic heterocycles. The highest BCUT2D eigenvalue weighted by Gasteiger charge is 2.26. The molecule has 3 rings (SSSR count). The molecule has 0 aliphatic heterocycles. The van der Waals surface area contributed by atoms with Gasteiger partial charge in [-0.05, 0) is 43.0 Å². The molecule has 0 spiro atoms. The summed E-state index contributed by atoms with van der Waals surface area (Å²) in [6.07, 6.45) is 3.28. The Kier molecular flexibility index (Phi) is 4.15. The zero-order chi connectivity index (χ0) is 17.5. The minimum absolute atomic E-state index is 0.0551. The largest absolute Gasteiger partial charge is 0.383 e. The summed E-state index contributed by atoms with van der Waals surface area (Å²) in [5, 5.41) is 18.1. The smallest absolute Gasteiger partial charge is 0.261 e. The number of thiophene rings is 1. The van der Waals surface area contributed by atoms with Gasteiger partial charge in [-0.15, -0.1) is 11.3 Å². The summed E-state index contributed by atoms with van der Waals surface area (Å²) in [6.45, 7) is 3.48. The number of nitrogens with one attached hydrogen (secondary N) is 1. The molecule has 126 valence electrons. The third-order valence-corrected chi connectivity index (χ3v) is 5.30. The number of rotatable bonds is 4. The normalized spacial score (nSPS) is 13.9. The van der Waals surface area contributed by atoms with E-state index in [2.05, 4.69) is 10.4 Å². The standard InChI is InChI=1S/C17H18FN3O2S/c1-10-13-6-12(18)4-5-14(13)24-15(10)16(22)19-9-17(2,23)11-7-20-21(3)8-11/h4-8,23H,9H2,1-3H3,(H,19,22). The van der Waals surface area contributed by atoms with E-state index in [1.165, 1.54) is 23.5 Å². The van der Waals surface area contributed by atoms with Gasteiger partial charge in [0.05, 0.1) is 17.6 Å². The Morgan fingerprint density at radius 1 is 1.50 bits per heavy atom. The highest BCUT2D eigenvalue weighted by atomic mass is 32.1. The first kappa shape index (κ1) is 16.6. The van der Waals surface area contributed by atoms with Gasteiger partial charge in [0.1, 0.15) is 11.4 Å². The number of fused-ring (bicyclic) bond motifs is 1. The third kappa shape index (κ3) is 3.05. The van der Waals surface area contributed by atoms with Crippen molar-refractivity contribution >= 4 is 27.3 Å². The van der Waals surface area contributed by atoms with E-state index in [-0.39, 0.29) is 18.3 Å². The van der Waals surface area contributed by atoms with Gasteiger partial charge in [0.2, 0.25) is 0 Å². The molecule has 2 heterocycles. The quantitative estimate of drug-likeness (QED) is 0.763. The summed E-state index contributed by atoms with van der Waals surface area (Å²) in [6, 6.07) is 4.49. The van der Waals surface area contributed by atoms with Crippen molar-refractivity contribution in [1.29, 1.82) is 0 Å². The second kappa shape index (κ2) is 5.99. The summed E-state index contributed by atoms with van der Waals surface area (Å²) in [7, 11) is 1.76. The minimum Gasteiger partial charge on any atom is -0.383 e. The lowest BCUT2D eigenvalue weighted by molar-refractivity contribution is 0.0527. The molecule has 1 atom stereocenters. The average Bonchev–Trinajstić information content (AvgIpc) is 3.10. The molecule has 0 bridgehead atoms. The van der Waals surface area contributed by atoms with Crippen molar-refractivity contribution in [2.45, 2.75) is 19.4 Å². The number of hydrogen-bond acceptors (Lipinski definition) is 4. The molecule has 0 aliphatic rings. The van der Waals surface area contributed by atoms with Crippen LogP contribution in [0.5, 0.6) is 0 Å². The molecule has 0 aliphatic carbocycles. The highest BCUT2D eigenvalue weighted by Crippen LogP contribution is 2.31. The molecule has 0 saturated heterocycles. The lowest BCUT2D eigenvalue weighted by Crippen LogP contribution is -2.38. The van der Waals surface area contributed by atoms with Crippen LogP contribution in [0.3, 0.4) is 0 Å². The number of carbonyl (C=O) groups is 1. The molecule has 1 unspecified atom stereocenters. The highest BCUT2D eigenvalue weighted by molar-refractivity contribution is 7.21. The fourth-order valence-electron chi connectivity index (χ4n) is 2.54. The molecule has 7 heteroatoms. The van der Waals surface area contributed by atoms with Gasteiger partial charge in [-0.3, -0.25) is 9.48 Å². The first-order valence-corrected chi connectivity index (χ1v) is 8.28. The zero-order valence-corrected chi connectivity index (χ0v) is 14.4. The molecule has 0 radical (unpaired) electrons. The molecule has 5 nitrogen and oxygen atoms in total. The van der Waals surface area contributed by atoms with Crippen molar-refractivity contribution in [2.24, 2.45) is 7.05 Å². The summed E-state index contributed by atoms with van der Waals surface area (Å²) >= 11 is 1.31. The summed E-state index contributed by atoms with van der Waals surface area (Å²) in [4.78, 5) is 13.0. The van der Waals surface area contributed by atoms with Crippen molar-refractivity contribution in [1.82, 2.24) is 15.1 Å². The van der Waals surface area contributed by atoms with Crippen LogP contribution in [0.15, 0.2) is 30.6 Å². The minimum atomic E-state index is -1.22. The Labute approximate surface area is 142 Å². The SMILES string of the molecule is Cc1c(C(=O)NCC(C)(O)c2cnn(C)c2)sc2ccc(F)cc12. The predicted molar refractivity (Wildman–Crippen MR) is 91.6 cm³/mol. The van der Waals surface area contributed by atoms with Crippen molar-refractivity contribution in [3.63, 3.8) is 0 Å². The van der Waals surface area contributed by atoms with Gasteiger partial charge in [0.15, 0.2) is 0 Å². The van der Waals surface area contributed by atoms with Crippen LogP contribution < -0.4 is 5.32 Å². The Balaban J connectivity index is 1.79. The van der Waals surface area contributed by atoms with Crippen LogP contribution >= 0.6 is 11.3 Å². The molecular formula is C17H18FN3O2S. The number of aryl methyl sites for hydroxylation is 2. The number of aromatic nitrogens is 2. The maximum absolute atomic E-state index is 13.4.